The van der Waals surface area contributed by atoms with E-state index in [4.69, 9.17) is 9.47 Å². The Hall–Kier alpha value is -0.810. The minimum absolute atomic E-state index is 0.115. The predicted molar refractivity (Wildman–Crippen MR) is 140 cm³/mol. The monoisotopic (exact) mass is 466 g/mol. The molecule has 0 aromatic carbocycles. The Morgan fingerprint density at radius 3 is 1.66 bits per heavy atom. The zero-order valence-electron chi connectivity index (χ0n) is 21.0. The van der Waals surface area contributed by atoms with Crippen LogP contribution in [-0.4, -0.2) is 34.5 Å². The molecule has 0 saturated carbocycles. The molecule has 0 spiro atoms. The van der Waals surface area contributed by atoms with Crippen LogP contribution in [0.1, 0.15) is 123 Å². The van der Waals surface area contributed by atoms with Crippen molar-refractivity contribution in [1.29, 1.82) is 0 Å². The van der Waals surface area contributed by atoms with Crippen LogP contribution in [0.25, 0.3) is 0 Å². The zero-order valence-corrected chi connectivity index (χ0v) is 21.9. The van der Waals surface area contributed by atoms with Gasteiger partial charge in [0.15, 0.2) is 0 Å². The first-order valence-electron chi connectivity index (χ1n) is 13.5. The number of rotatable bonds is 23. The summed E-state index contributed by atoms with van der Waals surface area (Å²) in [5, 5.41) is 0.115. The first-order chi connectivity index (χ1) is 15.8. The summed E-state index contributed by atoms with van der Waals surface area (Å²) in [5.41, 5.74) is 0. The lowest BCUT2D eigenvalue weighted by Crippen LogP contribution is -2.33. The van der Waals surface area contributed by atoms with Crippen LogP contribution < -0.4 is 4.74 Å². The molecular weight excluding hydrogens is 416 g/mol. The van der Waals surface area contributed by atoms with Gasteiger partial charge in [0, 0.05) is 24.3 Å². The van der Waals surface area contributed by atoms with E-state index in [9.17, 15) is 0 Å². The summed E-state index contributed by atoms with van der Waals surface area (Å²) >= 11 is 4.63. The third-order valence-corrected chi connectivity index (χ3v) is 6.77. The van der Waals surface area contributed by atoms with E-state index in [1.165, 1.54) is 96.3 Å². The second-order valence-electron chi connectivity index (χ2n) is 9.04. The average molecular weight is 467 g/mol. The maximum Gasteiger partial charge on any atom is 0.316 e. The highest BCUT2D eigenvalue weighted by atomic mass is 32.1. The van der Waals surface area contributed by atoms with E-state index in [0.717, 1.165) is 19.4 Å². The van der Waals surface area contributed by atoms with E-state index in [1.54, 1.807) is 18.5 Å². The van der Waals surface area contributed by atoms with Crippen molar-refractivity contribution in [3.63, 3.8) is 0 Å². The number of hydrogen-bond donors (Lipinski definition) is 1. The topological polar surface area (TPSA) is 44.2 Å². The summed E-state index contributed by atoms with van der Waals surface area (Å²) in [6, 6.07) is 2.18. The van der Waals surface area contributed by atoms with Crippen LogP contribution in [0.2, 0.25) is 0 Å². The number of thiol groups is 1. The molecule has 0 saturated heterocycles. The van der Waals surface area contributed by atoms with Crippen molar-refractivity contribution in [3.05, 3.63) is 18.5 Å². The van der Waals surface area contributed by atoms with Crippen LogP contribution in [0.3, 0.4) is 0 Å². The molecule has 0 amide bonds. The fourth-order valence-corrected chi connectivity index (χ4v) is 4.07. The highest BCUT2D eigenvalue weighted by molar-refractivity contribution is 7.81. The van der Waals surface area contributed by atoms with Crippen LogP contribution in [-0.2, 0) is 4.74 Å². The van der Waals surface area contributed by atoms with Gasteiger partial charge in [-0.15, -0.1) is 0 Å². The third-order valence-electron chi connectivity index (χ3n) is 6.07. The van der Waals surface area contributed by atoms with Crippen molar-refractivity contribution in [2.24, 2.45) is 0 Å². The lowest BCUT2D eigenvalue weighted by atomic mass is 10.0. The Kier molecular flexibility index (Phi) is 20.1. The lowest BCUT2D eigenvalue weighted by Gasteiger charge is -2.22. The third kappa shape index (κ3) is 16.8. The standard InChI is InChI=1S/C27H50N2O2S/c1-3-5-6-7-8-9-10-11-12-13-14-15-16-17-18-19-23-30-24-25(26(32)4-2)31-27-28-21-20-22-29-27/h20-22,25-26,32H,3-19,23-24H2,1-2H3. The molecule has 5 heteroatoms. The van der Waals surface area contributed by atoms with Gasteiger partial charge in [-0.1, -0.05) is 110 Å². The highest BCUT2D eigenvalue weighted by Crippen LogP contribution is 2.15. The fourth-order valence-electron chi connectivity index (χ4n) is 3.92. The number of hydrogen-bond acceptors (Lipinski definition) is 5. The zero-order chi connectivity index (χ0) is 23.1. The Labute approximate surface area is 204 Å². The molecule has 0 bridgehead atoms. The molecule has 1 aromatic heterocycles. The quantitative estimate of drug-likeness (QED) is 0.130. The molecule has 186 valence electrons. The van der Waals surface area contributed by atoms with E-state index in [-0.39, 0.29) is 11.4 Å². The van der Waals surface area contributed by atoms with Crippen molar-refractivity contribution in [1.82, 2.24) is 9.97 Å². The normalized spacial score (nSPS) is 13.2. The SMILES string of the molecule is CCCCCCCCCCCCCCCCCCOCC(Oc1ncccn1)C(S)CC. The van der Waals surface area contributed by atoms with Gasteiger partial charge in [0.1, 0.15) is 6.10 Å². The fraction of sp³-hybridized carbons (Fsp3) is 0.852. The van der Waals surface area contributed by atoms with E-state index in [1.807, 2.05) is 0 Å². The van der Waals surface area contributed by atoms with Crippen molar-refractivity contribution >= 4 is 12.6 Å². The second-order valence-corrected chi connectivity index (χ2v) is 9.70. The molecule has 1 rings (SSSR count). The largest absolute Gasteiger partial charge is 0.457 e. The molecule has 32 heavy (non-hydrogen) atoms. The average Bonchev–Trinajstić information content (AvgIpc) is 2.82. The van der Waals surface area contributed by atoms with E-state index >= 15 is 0 Å². The number of ether oxygens (including phenoxy) is 2. The molecule has 0 aliphatic heterocycles. The van der Waals surface area contributed by atoms with Gasteiger partial charge in [-0.25, -0.2) is 9.97 Å². The number of unbranched alkanes of at least 4 members (excludes halogenated alkanes) is 15. The Bertz CT molecular complexity index is 504. The number of aromatic nitrogens is 2. The molecule has 0 aliphatic carbocycles. The summed E-state index contributed by atoms with van der Waals surface area (Å²) in [4.78, 5) is 8.28. The van der Waals surface area contributed by atoms with Crippen LogP contribution in [0.15, 0.2) is 18.5 Å². The van der Waals surface area contributed by atoms with Crippen molar-refractivity contribution in [2.45, 2.75) is 134 Å². The summed E-state index contributed by atoms with van der Waals surface area (Å²) in [6.45, 7) is 5.73. The minimum atomic E-state index is -0.119. The molecule has 1 heterocycles. The maximum absolute atomic E-state index is 5.88. The number of nitrogens with zero attached hydrogens (tertiary/aromatic N) is 2. The van der Waals surface area contributed by atoms with Gasteiger partial charge in [0.25, 0.3) is 0 Å². The van der Waals surface area contributed by atoms with Gasteiger partial charge >= 0.3 is 6.01 Å². The van der Waals surface area contributed by atoms with E-state index in [2.05, 4.69) is 36.4 Å². The van der Waals surface area contributed by atoms with Crippen LogP contribution >= 0.6 is 12.6 Å². The Balaban J connectivity index is 1.88. The van der Waals surface area contributed by atoms with Crippen LogP contribution in [0, 0.1) is 0 Å². The van der Waals surface area contributed by atoms with Gasteiger partial charge in [-0.05, 0) is 18.9 Å². The van der Waals surface area contributed by atoms with Crippen LogP contribution in [0.5, 0.6) is 6.01 Å². The predicted octanol–water partition coefficient (Wildman–Crippen LogP) is 8.21. The Morgan fingerprint density at radius 2 is 1.19 bits per heavy atom. The Morgan fingerprint density at radius 1 is 0.719 bits per heavy atom. The first kappa shape index (κ1) is 29.2. The second kappa shape index (κ2) is 22.0. The van der Waals surface area contributed by atoms with E-state index < -0.39 is 0 Å². The van der Waals surface area contributed by atoms with Gasteiger partial charge in [-0.3, -0.25) is 0 Å². The summed E-state index contributed by atoms with van der Waals surface area (Å²) in [7, 11) is 0. The molecule has 0 radical (unpaired) electrons. The smallest absolute Gasteiger partial charge is 0.316 e. The molecule has 1 aromatic rings. The molecule has 2 atom stereocenters. The molecule has 0 aliphatic rings. The maximum atomic E-state index is 5.88. The summed E-state index contributed by atoms with van der Waals surface area (Å²) in [6.07, 6.45) is 26.4. The van der Waals surface area contributed by atoms with E-state index in [0.29, 0.717) is 12.6 Å². The van der Waals surface area contributed by atoms with Gasteiger partial charge in [0.05, 0.1) is 6.61 Å². The van der Waals surface area contributed by atoms with Crippen LogP contribution in [0.4, 0.5) is 0 Å². The molecule has 2 unspecified atom stereocenters. The summed E-state index contributed by atoms with van der Waals surface area (Å²) in [5.74, 6) is 0. The minimum Gasteiger partial charge on any atom is -0.457 e. The van der Waals surface area contributed by atoms with Gasteiger partial charge in [0.2, 0.25) is 0 Å². The molecule has 0 fully saturated rings. The lowest BCUT2D eigenvalue weighted by molar-refractivity contribution is 0.0422. The molecular formula is C27H50N2O2S. The highest BCUT2D eigenvalue weighted by Gasteiger charge is 2.20. The first-order valence-corrected chi connectivity index (χ1v) is 14.0. The molecule has 4 nitrogen and oxygen atoms in total. The van der Waals surface area contributed by atoms with Crippen molar-refractivity contribution in [3.8, 4) is 6.01 Å². The van der Waals surface area contributed by atoms with Gasteiger partial charge in [-0.2, -0.15) is 12.6 Å². The van der Waals surface area contributed by atoms with Crippen molar-refractivity contribution < 1.29 is 9.47 Å². The summed E-state index contributed by atoms with van der Waals surface area (Å²) < 4.78 is 11.8. The van der Waals surface area contributed by atoms with Crippen molar-refractivity contribution in [2.75, 3.05) is 13.2 Å². The molecule has 0 N–H and O–H groups in total. The van der Waals surface area contributed by atoms with Gasteiger partial charge < -0.3 is 9.47 Å².